The molecule has 14 rings (SSSR count). The van der Waals surface area contributed by atoms with E-state index in [1.807, 2.05) is 0 Å². The summed E-state index contributed by atoms with van der Waals surface area (Å²) in [5, 5.41) is 0. The van der Waals surface area contributed by atoms with Gasteiger partial charge in [0.1, 0.15) is 0 Å². The second-order valence-corrected chi connectivity index (χ2v) is 40.1. The standard InChI is InChI=1S/C49H60.C49H52.2CH3.2ClH.Zr/c2*1-47(2,3)36-26-24-35(25-27-36)45(34-22-16-17-23-34)46-41-28-37(32-18-12-10-13-19-32)43(48(4,5)6)30-39(41)40-31-44(49(7,8)9)38(29-42(40)46)33-20-14-11-15-21-33;;;;;/h10-15,18-21,24-31,34,39-42,45-46H,16-17,22-23H2,1-9H3;10-16,18-31,45-46H,17H2,1-9H3;2*1H3;2*1H;/q;;2*-1;;;+4/p-2. The summed E-state index contributed by atoms with van der Waals surface area (Å²) in [6.07, 6.45) is 24.8. The molecular weight excluding hydrogens is 1360 g/mol. The van der Waals surface area contributed by atoms with E-state index in [0.29, 0.717) is 35.5 Å². The molecule has 0 bridgehead atoms. The van der Waals surface area contributed by atoms with Gasteiger partial charge in [-0.1, -0.05) is 350 Å². The van der Waals surface area contributed by atoms with E-state index in [1.165, 1.54) is 137 Å². The van der Waals surface area contributed by atoms with Crippen LogP contribution in [0.2, 0.25) is 0 Å². The molecule has 0 heterocycles. The fraction of sp³-hybridized carbons (Fsp3) is 0.380. The molecule has 6 unspecified atom stereocenters. The van der Waals surface area contributed by atoms with Gasteiger partial charge in [0.25, 0.3) is 0 Å². The third-order valence-corrected chi connectivity index (χ3v) is 23.3. The predicted molar refractivity (Wildman–Crippen MR) is 447 cm³/mol. The second-order valence-electron chi connectivity index (χ2n) is 36.3. The molecule has 2 saturated carbocycles. The third-order valence-electron chi connectivity index (χ3n) is 23.3. The zero-order valence-electron chi connectivity index (χ0n) is 66.0. The van der Waals surface area contributed by atoms with E-state index in [1.54, 1.807) is 5.56 Å². The SMILES string of the molecule is CC(C)(C)C1=CC2C3C=C(C(C)(C)C)C(c4ccccc4)=CC3C(C(c3ccc(C(C)(C)C)cc3)C3CCCC3)C2C=C1c1ccccc1.CC(C)(C)c1ccc(C(C2=CCC=C2)C2c3cc(-c4ccccc4)c(C(C)(C)C)cc3-c3cc(C(C)(C)C)c(-c4ccccc4)cc32)cc1.[CH3-].[CH3-].[Cl][Zr+2][Cl]. The van der Waals surface area contributed by atoms with Gasteiger partial charge in [0.2, 0.25) is 0 Å². The van der Waals surface area contributed by atoms with Gasteiger partial charge in [-0.25, -0.2) is 0 Å². The molecule has 6 aliphatic rings. The van der Waals surface area contributed by atoms with E-state index in [4.69, 9.17) is 17.0 Å². The summed E-state index contributed by atoms with van der Waals surface area (Å²) in [5.41, 5.74) is 30.0. The molecule has 0 radical (unpaired) electrons. The van der Waals surface area contributed by atoms with Crippen molar-refractivity contribution in [3.63, 3.8) is 0 Å². The van der Waals surface area contributed by atoms with Crippen molar-refractivity contribution in [3.8, 4) is 33.4 Å². The summed E-state index contributed by atoms with van der Waals surface area (Å²) in [5.74, 6) is 4.10. The van der Waals surface area contributed by atoms with Crippen LogP contribution in [0.3, 0.4) is 0 Å². The van der Waals surface area contributed by atoms with Gasteiger partial charge in [-0.2, -0.15) is 0 Å². The monoisotopic (exact) mass is 1480 g/mol. The summed E-state index contributed by atoms with van der Waals surface area (Å²) < 4.78 is 0. The Bertz CT molecular complexity index is 4210. The van der Waals surface area contributed by atoms with Crippen LogP contribution in [0.25, 0.3) is 44.5 Å². The molecule has 0 aromatic heterocycles. The Morgan fingerprint density at radius 3 is 1.07 bits per heavy atom. The van der Waals surface area contributed by atoms with Crippen molar-refractivity contribution in [2.24, 2.45) is 46.3 Å². The summed E-state index contributed by atoms with van der Waals surface area (Å²) >= 11 is -0.826. The van der Waals surface area contributed by atoms with Crippen LogP contribution in [0.5, 0.6) is 0 Å². The first kappa shape index (κ1) is 79.2. The molecule has 2 fully saturated rings. The van der Waals surface area contributed by atoms with Crippen LogP contribution in [-0.2, 0) is 42.5 Å². The van der Waals surface area contributed by atoms with Crippen molar-refractivity contribution in [1.82, 2.24) is 0 Å². The Balaban J connectivity index is 0.000000209. The molecule has 0 spiro atoms. The molecule has 0 aliphatic heterocycles. The van der Waals surface area contributed by atoms with Crippen molar-refractivity contribution < 1.29 is 20.8 Å². The average molecular weight is 1480 g/mol. The molecule has 536 valence electrons. The minimum atomic E-state index is -0.826. The van der Waals surface area contributed by atoms with E-state index in [9.17, 15) is 0 Å². The topological polar surface area (TPSA) is 0 Å². The van der Waals surface area contributed by atoms with Gasteiger partial charge in [0.05, 0.1) is 0 Å². The van der Waals surface area contributed by atoms with E-state index < -0.39 is 20.8 Å². The normalized spacial score (nSPS) is 20.0. The summed E-state index contributed by atoms with van der Waals surface area (Å²) in [6.45, 7) is 42.6. The maximum absolute atomic E-state index is 4.93. The zero-order valence-corrected chi connectivity index (χ0v) is 70.0. The van der Waals surface area contributed by atoms with E-state index >= 15 is 0 Å². The van der Waals surface area contributed by atoms with Crippen LogP contribution in [0.1, 0.15) is 230 Å². The molecule has 6 atom stereocenters. The fourth-order valence-electron chi connectivity index (χ4n) is 18.3. The molecule has 103 heavy (non-hydrogen) atoms. The molecule has 3 heteroatoms. The van der Waals surface area contributed by atoms with Crippen LogP contribution >= 0.6 is 17.0 Å². The molecule has 0 amide bonds. The Labute approximate surface area is 643 Å². The number of halogens is 2. The summed E-state index contributed by atoms with van der Waals surface area (Å²) in [4.78, 5) is 0. The number of allylic oxidation sites excluding steroid dienone is 12. The predicted octanol–water partition coefficient (Wildman–Crippen LogP) is 29.5. The van der Waals surface area contributed by atoms with E-state index in [-0.39, 0.29) is 59.2 Å². The molecule has 0 saturated heterocycles. The number of benzene rings is 8. The van der Waals surface area contributed by atoms with Crippen LogP contribution in [0.4, 0.5) is 0 Å². The van der Waals surface area contributed by atoms with Gasteiger partial charge < -0.3 is 14.9 Å². The number of rotatable bonds is 10. The van der Waals surface area contributed by atoms with Gasteiger partial charge in [0.15, 0.2) is 0 Å². The number of fused-ring (bicyclic) bond motifs is 6. The van der Waals surface area contributed by atoms with Crippen LogP contribution in [-0.4, -0.2) is 0 Å². The molecular formula is C100H118Cl2Zr. The van der Waals surface area contributed by atoms with Crippen LogP contribution in [0, 0.1) is 61.2 Å². The fourth-order valence-corrected chi connectivity index (χ4v) is 18.3. The molecule has 8 aromatic carbocycles. The molecule has 0 nitrogen and oxygen atoms in total. The van der Waals surface area contributed by atoms with Crippen LogP contribution < -0.4 is 0 Å². The Morgan fingerprint density at radius 2 is 0.738 bits per heavy atom. The first-order valence-corrected chi connectivity index (χ1v) is 44.2. The maximum atomic E-state index is 4.93. The van der Waals surface area contributed by atoms with E-state index in [2.05, 4.69) is 361 Å². The molecule has 6 aliphatic carbocycles. The quantitative estimate of drug-likeness (QED) is 0.120. The van der Waals surface area contributed by atoms with Crippen molar-refractivity contribution >= 4 is 28.2 Å². The first-order chi connectivity index (χ1) is 47.8. The van der Waals surface area contributed by atoms with Gasteiger partial charge >= 0.3 is 37.9 Å². The number of hydrogen-bond donors (Lipinski definition) is 0. The third kappa shape index (κ3) is 16.8. The Morgan fingerprint density at radius 1 is 0.379 bits per heavy atom. The zero-order chi connectivity index (χ0) is 72.1. The van der Waals surface area contributed by atoms with Crippen molar-refractivity contribution in [2.75, 3.05) is 0 Å². The van der Waals surface area contributed by atoms with Crippen LogP contribution in [0.15, 0.2) is 253 Å². The Hall–Kier alpha value is -6.34. The summed E-state index contributed by atoms with van der Waals surface area (Å²) in [6, 6.07) is 74.5. The molecule has 8 aromatic rings. The van der Waals surface area contributed by atoms with Gasteiger partial charge in [-0.3, -0.25) is 0 Å². The summed E-state index contributed by atoms with van der Waals surface area (Å²) in [7, 11) is 9.87. The second kappa shape index (κ2) is 31.6. The average Bonchev–Trinajstić information content (AvgIpc) is 1.57. The van der Waals surface area contributed by atoms with Crippen molar-refractivity contribution in [1.29, 1.82) is 0 Å². The van der Waals surface area contributed by atoms with Gasteiger partial charge in [0, 0.05) is 11.8 Å². The van der Waals surface area contributed by atoms with Crippen molar-refractivity contribution in [3.05, 3.63) is 324 Å². The Kier molecular flexibility index (Phi) is 24.3. The van der Waals surface area contributed by atoms with Gasteiger partial charge in [-0.05, 0) is 234 Å². The first-order valence-electron chi connectivity index (χ1n) is 37.9. The van der Waals surface area contributed by atoms with Crippen molar-refractivity contribution in [2.45, 2.75) is 196 Å². The number of hydrogen-bond acceptors (Lipinski definition) is 0. The van der Waals surface area contributed by atoms with E-state index in [0.717, 1.165) is 12.3 Å². The van der Waals surface area contributed by atoms with Gasteiger partial charge in [-0.15, -0.1) is 0 Å². The minimum absolute atomic E-state index is 0. The molecule has 0 N–H and O–H groups in total.